The summed E-state index contributed by atoms with van der Waals surface area (Å²) in [6.07, 6.45) is 4.31. The van der Waals surface area contributed by atoms with Gasteiger partial charge in [-0.05, 0) is 37.0 Å². The predicted octanol–water partition coefficient (Wildman–Crippen LogP) is 3.00. The van der Waals surface area contributed by atoms with Gasteiger partial charge in [0, 0.05) is 31.9 Å². The summed E-state index contributed by atoms with van der Waals surface area (Å²) in [7, 11) is 0. The lowest BCUT2D eigenvalue weighted by atomic mass is 10.0. The maximum atomic E-state index is 12.3. The third-order valence-corrected chi connectivity index (χ3v) is 4.68. The first-order valence-electron chi connectivity index (χ1n) is 8.93. The minimum absolute atomic E-state index is 0. The lowest BCUT2D eigenvalue weighted by Gasteiger charge is -2.32. The summed E-state index contributed by atoms with van der Waals surface area (Å²) in [5.41, 5.74) is 8.25. The van der Waals surface area contributed by atoms with Crippen molar-refractivity contribution in [3.8, 4) is 0 Å². The van der Waals surface area contributed by atoms with Gasteiger partial charge >= 0.3 is 0 Å². The topological polar surface area (TPSA) is 71.2 Å². The molecule has 1 aliphatic heterocycles. The van der Waals surface area contributed by atoms with Gasteiger partial charge in [0.1, 0.15) is 0 Å². The number of carbonyl (C=O) groups is 1. The number of rotatable bonds is 6. The molecule has 3 N–H and O–H groups in total. The molecule has 2 aromatic rings. The molecule has 2 heterocycles. The molecule has 1 fully saturated rings. The zero-order valence-corrected chi connectivity index (χ0v) is 18.1. The second-order valence-corrected chi connectivity index (χ2v) is 6.68. The minimum Gasteiger partial charge on any atom is -0.352 e. The molecule has 156 valence electrons. The van der Waals surface area contributed by atoms with E-state index in [1.165, 1.54) is 0 Å². The van der Waals surface area contributed by atoms with Crippen molar-refractivity contribution in [3.63, 3.8) is 0 Å². The number of nitrogens with two attached hydrogens (primary N) is 1. The highest BCUT2D eigenvalue weighted by atomic mass is 35.5. The Morgan fingerprint density at radius 2 is 1.71 bits per heavy atom. The Kier molecular flexibility index (Phi) is 13.1. The van der Waals surface area contributed by atoms with E-state index in [2.05, 4.69) is 21.3 Å². The summed E-state index contributed by atoms with van der Waals surface area (Å²) in [5.74, 6) is -0.0490. The molecule has 1 aromatic heterocycles. The van der Waals surface area contributed by atoms with Crippen LogP contribution in [0.3, 0.4) is 0 Å². The van der Waals surface area contributed by atoms with Gasteiger partial charge in [-0.3, -0.25) is 14.7 Å². The minimum atomic E-state index is -0.492. The van der Waals surface area contributed by atoms with Gasteiger partial charge < -0.3 is 11.1 Å². The molecule has 3 rings (SSSR count). The van der Waals surface area contributed by atoms with Crippen LogP contribution in [-0.4, -0.2) is 41.0 Å². The maximum absolute atomic E-state index is 12.3. The molecule has 0 saturated carbocycles. The molecule has 28 heavy (non-hydrogen) atoms. The van der Waals surface area contributed by atoms with Gasteiger partial charge in [-0.15, -0.1) is 37.2 Å². The normalized spacial score (nSPS) is 15.3. The second-order valence-electron chi connectivity index (χ2n) is 6.68. The Labute approximate surface area is 185 Å². The van der Waals surface area contributed by atoms with Crippen molar-refractivity contribution in [2.45, 2.75) is 37.9 Å². The van der Waals surface area contributed by atoms with Crippen LogP contribution < -0.4 is 11.1 Å². The number of carbonyl (C=O) groups excluding carboxylic acids is 1. The second kappa shape index (κ2) is 13.7. The van der Waals surface area contributed by atoms with Crippen LogP contribution in [0.2, 0.25) is 0 Å². The first kappa shape index (κ1) is 26.6. The number of aromatic nitrogens is 1. The number of piperidine rings is 1. The molecular formula is C20H29Cl3N4O. The molecule has 0 bridgehead atoms. The number of benzene rings is 1. The van der Waals surface area contributed by atoms with Crippen molar-refractivity contribution < 1.29 is 4.79 Å². The Morgan fingerprint density at radius 1 is 1.07 bits per heavy atom. The van der Waals surface area contributed by atoms with Crippen LogP contribution >= 0.6 is 37.2 Å². The first-order valence-corrected chi connectivity index (χ1v) is 8.93. The van der Waals surface area contributed by atoms with Crippen molar-refractivity contribution in [2.24, 2.45) is 5.73 Å². The van der Waals surface area contributed by atoms with E-state index in [0.717, 1.165) is 43.7 Å². The van der Waals surface area contributed by atoms with Crippen LogP contribution in [0.4, 0.5) is 0 Å². The molecule has 0 spiro atoms. The zero-order chi connectivity index (χ0) is 17.5. The monoisotopic (exact) mass is 446 g/mol. The molecule has 5 nitrogen and oxygen atoms in total. The van der Waals surface area contributed by atoms with E-state index in [1.807, 2.05) is 48.7 Å². The lowest BCUT2D eigenvalue weighted by Crippen LogP contribution is -2.50. The first-order chi connectivity index (χ1) is 12.2. The van der Waals surface area contributed by atoms with Gasteiger partial charge in [-0.25, -0.2) is 0 Å². The summed E-state index contributed by atoms with van der Waals surface area (Å²) in [4.78, 5) is 19.1. The van der Waals surface area contributed by atoms with Crippen LogP contribution in [0.15, 0.2) is 54.7 Å². The standard InChI is InChI=1S/C20H26N4O.3ClH/c21-19(14-16-6-2-1-3-7-16)20(25)23-17-9-12-24(13-10-17)15-18-8-4-5-11-22-18;;;/h1-8,11,17,19H,9-10,12-15,21H2,(H,23,25);3*1H. The Bertz CT molecular complexity index is 668. The number of pyridine rings is 1. The molecule has 0 aliphatic carbocycles. The Balaban J connectivity index is 0.00000243. The summed E-state index contributed by atoms with van der Waals surface area (Å²) >= 11 is 0. The fourth-order valence-electron chi connectivity index (χ4n) is 3.23. The third-order valence-electron chi connectivity index (χ3n) is 4.68. The van der Waals surface area contributed by atoms with Crippen molar-refractivity contribution in [1.29, 1.82) is 0 Å². The molecule has 1 aromatic carbocycles. The Hall–Kier alpha value is -1.37. The van der Waals surface area contributed by atoms with Gasteiger partial charge in [-0.1, -0.05) is 36.4 Å². The smallest absolute Gasteiger partial charge is 0.237 e. The van der Waals surface area contributed by atoms with E-state index in [9.17, 15) is 4.79 Å². The molecule has 0 radical (unpaired) electrons. The van der Waals surface area contributed by atoms with E-state index in [-0.39, 0.29) is 49.2 Å². The number of amides is 1. The van der Waals surface area contributed by atoms with E-state index in [4.69, 9.17) is 5.73 Å². The summed E-state index contributed by atoms with van der Waals surface area (Å²) in [6, 6.07) is 15.6. The highest BCUT2D eigenvalue weighted by molar-refractivity contribution is 5.86. The number of halogens is 3. The highest BCUT2D eigenvalue weighted by Gasteiger charge is 2.23. The average Bonchev–Trinajstić information content (AvgIpc) is 2.65. The van der Waals surface area contributed by atoms with Gasteiger partial charge in [0.15, 0.2) is 0 Å². The third kappa shape index (κ3) is 8.33. The summed E-state index contributed by atoms with van der Waals surface area (Å²) in [5, 5.41) is 3.12. The summed E-state index contributed by atoms with van der Waals surface area (Å²) in [6.45, 7) is 2.81. The van der Waals surface area contributed by atoms with Crippen molar-refractivity contribution in [1.82, 2.24) is 15.2 Å². The number of hydrogen-bond donors (Lipinski definition) is 2. The Morgan fingerprint density at radius 3 is 2.32 bits per heavy atom. The number of likely N-dealkylation sites (tertiary alicyclic amines) is 1. The fourth-order valence-corrected chi connectivity index (χ4v) is 3.23. The number of nitrogens with zero attached hydrogens (tertiary/aromatic N) is 2. The van der Waals surface area contributed by atoms with Crippen LogP contribution in [0.5, 0.6) is 0 Å². The van der Waals surface area contributed by atoms with Gasteiger partial charge in [-0.2, -0.15) is 0 Å². The van der Waals surface area contributed by atoms with Crippen LogP contribution in [0, 0.1) is 0 Å². The molecule has 8 heteroatoms. The molecule has 1 unspecified atom stereocenters. The fraction of sp³-hybridized carbons (Fsp3) is 0.400. The number of hydrogen-bond acceptors (Lipinski definition) is 4. The van der Waals surface area contributed by atoms with Gasteiger partial charge in [0.05, 0.1) is 11.7 Å². The molecular weight excluding hydrogens is 419 g/mol. The predicted molar refractivity (Wildman–Crippen MR) is 121 cm³/mol. The number of nitrogens with one attached hydrogen (secondary N) is 1. The quantitative estimate of drug-likeness (QED) is 0.714. The van der Waals surface area contributed by atoms with Crippen molar-refractivity contribution in [3.05, 3.63) is 66.0 Å². The van der Waals surface area contributed by atoms with E-state index in [1.54, 1.807) is 0 Å². The molecule has 1 saturated heterocycles. The van der Waals surface area contributed by atoms with Crippen molar-refractivity contribution in [2.75, 3.05) is 13.1 Å². The van der Waals surface area contributed by atoms with Crippen LogP contribution in [0.1, 0.15) is 24.1 Å². The highest BCUT2D eigenvalue weighted by Crippen LogP contribution is 2.13. The molecule has 1 amide bonds. The van der Waals surface area contributed by atoms with Gasteiger partial charge in [0.25, 0.3) is 0 Å². The SMILES string of the molecule is Cl.Cl.Cl.NC(Cc1ccccc1)C(=O)NC1CCN(Cc2ccccn2)CC1. The average molecular weight is 448 g/mol. The molecule has 1 atom stereocenters. The summed E-state index contributed by atoms with van der Waals surface area (Å²) < 4.78 is 0. The largest absolute Gasteiger partial charge is 0.352 e. The van der Waals surface area contributed by atoms with Gasteiger partial charge in [0.2, 0.25) is 5.91 Å². The zero-order valence-electron chi connectivity index (χ0n) is 15.7. The van der Waals surface area contributed by atoms with Crippen LogP contribution in [0.25, 0.3) is 0 Å². The van der Waals surface area contributed by atoms with E-state index in [0.29, 0.717) is 6.42 Å². The lowest BCUT2D eigenvalue weighted by molar-refractivity contribution is -0.123. The molecule has 1 aliphatic rings. The van der Waals surface area contributed by atoms with E-state index >= 15 is 0 Å². The maximum Gasteiger partial charge on any atom is 0.237 e. The van der Waals surface area contributed by atoms with Crippen LogP contribution in [-0.2, 0) is 17.8 Å². The van der Waals surface area contributed by atoms with Crippen molar-refractivity contribution >= 4 is 43.1 Å². The van der Waals surface area contributed by atoms with E-state index < -0.39 is 6.04 Å².